The third-order valence-electron chi connectivity index (χ3n) is 6.57. The van der Waals surface area contributed by atoms with Crippen LogP contribution in [0.3, 0.4) is 0 Å². The Kier molecular flexibility index (Phi) is 11.3. The standard InChI is InChI=1S/C31H34N4O2S2.ClH/c1-30(2,38-20-26-19-33-22-34-26)29(37)35-27(28(36)32-3)21-39-31(23-13-7-4-8-14-23,24-15-9-5-10-16-24)25-17-11-6-12-18-25;/h4-19,22,27H,20-21H2,1-3H3,(H,32,36)(H,33,34)(H,35,37);1H/t27-;/m0./s1. The van der Waals surface area contributed by atoms with Crippen LogP contribution >= 0.6 is 35.9 Å². The van der Waals surface area contributed by atoms with Crippen molar-refractivity contribution in [1.29, 1.82) is 0 Å². The van der Waals surface area contributed by atoms with Crippen LogP contribution < -0.4 is 10.6 Å². The number of hydrogen-bond acceptors (Lipinski definition) is 5. The normalized spacial score (nSPS) is 12.2. The zero-order valence-corrected chi connectivity index (χ0v) is 25.2. The lowest BCUT2D eigenvalue weighted by molar-refractivity contribution is -0.129. The number of carbonyl (C=O) groups excluding carboxylic acids is 2. The fourth-order valence-corrected chi connectivity index (χ4v) is 6.78. The molecule has 0 aliphatic heterocycles. The van der Waals surface area contributed by atoms with E-state index in [1.807, 2.05) is 68.4 Å². The molecule has 6 nitrogen and oxygen atoms in total. The first-order valence-electron chi connectivity index (χ1n) is 12.8. The molecule has 0 aliphatic rings. The van der Waals surface area contributed by atoms with E-state index in [2.05, 4.69) is 57.0 Å². The van der Waals surface area contributed by atoms with Gasteiger partial charge in [0.05, 0.1) is 15.8 Å². The maximum absolute atomic E-state index is 13.4. The van der Waals surface area contributed by atoms with Crippen LogP contribution in [0.1, 0.15) is 36.2 Å². The molecule has 0 saturated carbocycles. The molecule has 1 heterocycles. The highest BCUT2D eigenvalue weighted by Crippen LogP contribution is 2.48. The van der Waals surface area contributed by atoms with Gasteiger partial charge in [-0.3, -0.25) is 9.59 Å². The first kappa shape index (κ1) is 31.3. The molecule has 3 aromatic carbocycles. The van der Waals surface area contributed by atoms with Crippen molar-refractivity contribution in [3.8, 4) is 0 Å². The minimum Gasteiger partial charge on any atom is -0.357 e. The van der Waals surface area contributed by atoms with Gasteiger partial charge in [0.1, 0.15) is 6.04 Å². The molecule has 0 saturated heterocycles. The molecule has 4 rings (SSSR count). The van der Waals surface area contributed by atoms with Crippen LogP contribution in [0, 0.1) is 0 Å². The molecule has 40 heavy (non-hydrogen) atoms. The van der Waals surface area contributed by atoms with Crippen LogP contribution in [0.5, 0.6) is 0 Å². The molecular formula is C31H35ClN4O2S2. The van der Waals surface area contributed by atoms with E-state index in [0.29, 0.717) is 11.5 Å². The van der Waals surface area contributed by atoms with Gasteiger partial charge in [0, 0.05) is 30.4 Å². The molecule has 1 aromatic heterocycles. The number of amides is 2. The predicted molar refractivity (Wildman–Crippen MR) is 169 cm³/mol. The smallest absolute Gasteiger partial charge is 0.243 e. The molecule has 0 fully saturated rings. The van der Waals surface area contributed by atoms with Crippen LogP contribution in [0.2, 0.25) is 0 Å². The van der Waals surface area contributed by atoms with Crippen molar-refractivity contribution in [1.82, 2.24) is 20.6 Å². The van der Waals surface area contributed by atoms with E-state index in [-0.39, 0.29) is 24.2 Å². The van der Waals surface area contributed by atoms with Crippen LogP contribution in [0.4, 0.5) is 0 Å². The van der Waals surface area contributed by atoms with E-state index in [1.165, 1.54) is 11.8 Å². The summed E-state index contributed by atoms with van der Waals surface area (Å²) in [7, 11) is 1.60. The van der Waals surface area contributed by atoms with Gasteiger partial charge < -0.3 is 15.6 Å². The van der Waals surface area contributed by atoms with Crippen molar-refractivity contribution in [2.24, 2.45) is 0 Å². The van der Waals surface area contributed by atoms with Gasteiger partial charge in [-0.1, -0.05) is 91.0 Å². The summed E-state index contributed by atoms with van der Waals surface area (Å²) < 4.78 is -1.34. The predicted octanol–water partition coefficient (Wildman–Crippen LogP) is 5.80. The van der Waals surface area contributed by atoms with E-state index in [1.54, 1.807) is 31.3 Å². The number of benzene rings is 3. The summed E-state index contributed by atoms with van der Waals surface area (Å²) >= 11 is 3.15. The Hall–Kier alpha value is -3.20. The van der Waals surface area contributed by atoms with Gasteiger partial charge in [-0.15, -0.1) is 35.9 Å². The number of nitrogens with one attached hydrogen (secondary N) is 3. The van der Waals surface area contributed by atoms with Gasteiger partial charge in [-0.2, -0.15) is 0 Å². The largest absolute Gasteiger partial charge is 0.357 e. The summed E-state index contributed by atoms with van der Waals surface area (Å²) in [4.78, 5) is 33.6. The average Bonchev–Trinajstić information content (AvgIpc) is 3.51. The number of H-pyrrole nitrogens is 1. The highest BCUT2D eigenvalue weighted by atomic mass is 35.5. The quantitative estimate of drug-likeness (QED) is 0.181. The van der Waals surface area contributed by atoms with Gasteiger partial charge in [0.2, 0.25) is 11.8 Å². The number of rotatable bonds is 12. The van der Waals surface area contributed by atoms with Crippen LogP contribution in [-0.2, 0) is 20.1 Å². The topological polar surface area (TPSA) is 86.9 Å². The molecule has 9 heteroatoms. The van der Waals surface area contributed by atoms with E-state index in [9.17, 15) is 9.59 Å². The number of hydrogen-bond donors (Lipinski definition) is 3. The van der Waals surface area contributed by atoms with Gasteiger partial charge in [-0.25, -0.2) is 4.98 Å². The SMILES string of the molecule is CNC(=O)[C@H](CSC(c1ccccc1)(c1ccccc1)c1ccccc1)NC(=O)C(C)(C)SCc1cnc[nH]1.Cl. The Morgan fingerprint density at radius 1 is 0.850 bits per heavy atom. The third-order valence-corrected chi connectivity index (χ3v) is 9.57. The number of nitrogens with zero attached hydrogens (tertiary/aromatic N) is 1. The van der Waals surface area contributed by atoms with Crippen LogP contribution in [0.15, 0.2) is 104 Å². The summed E-state index contributed by atoms with van der Waals surface area (Å²) in [6.07, 6.45) is 3.38. The Balaban J connectivity index is 0.00000441. The highest BCUT2D eigenvalue weighted by Gasteiger charge is 2.39. The number of imidazole rings is 1. The molecule has 0 radical (unpaired) electrons. The first-order valence-corrected chi connectivity index (χ1v) is 14.8. The molecule has 0 unspecified atom stereocenters. The van der Waals surface area contributed by atoms with Crippen molar-refractivity contribution < 1.29 is 9.59 Å². The van der Waals surface area contributed by atoms with Crippen molar-refractivity contribution in [3.63, 3.8) is 0 Å². The number of aromatic nitrogens is 2. The fraction of sp³-hybridized carbons (Fsp3) is 0.258. The second kappa shape index (κ2) is 14.4. The van der Waals surface area contributed by atoms with E-state index in [0.717, 1.165) is 22.4 Å². The van der Waals surface area contributed by atoms with Gasteiger partial charge in [0.25, 0.3) is 0 Å². The number of thioether (sulfide) groups is 2. The molecular weight excluding hydrogens is 560 g/mol. The summed E-state index contributed by atoms with van der Waals surface area (Å²) in [5, 5.41) is 5.79. The van der Waals surface area contributed by atoms with Gasteiger partial charge >= 0.3 is 0 Å². The Morgan fingerprint density at radius 2 is 1.35 bits per heavy atom. The van der Waals surface area contributed by atoms with E-state index in [4.69, 9.17) is 0 Å². The molecule has 3 N–H and O–H groups in total. The van der Waals surface area contributed by atoms with Crippen molar-refractivity contribution in [2.45, 2.75) is 35.1 Å². The second-order valence-corrected chi connectivity index (χ2v) is 12.4. The summed E-state index contributed by atoms with van der Waals surface area (Å²) in [5.41, 5.74) is 4.25. The average molecular weight is 595 g/mol. The monoisotopic (exact) mass is 594 g/mol. The molecule has 4 aromatic rings. The van der Waals surface area contributed by atoms with Gasteiger partial charge in [0.15, 0.2) is 0 Å². The number of likely N-dealkylation sites (N-methyl/N-ethyl adjacent to an activating group) is 1. The molecule has 0 bridgehead atoms. The van der Waals surface area contributed by atoms with E-state index >= 15 is 0 Å². The lowest BCUT2D eigenvalue weighted by atomic mass is 9.84. The molecule has 1 atom stereocenters. The Bertz CT molecular complexity index is 1240. The zero-order valence-electron chi connectivity index (χ0n) is 22.8. The van der Waals surface area contributed by atoms with Crippen molar-refractivity contribution in [2.75, 3.05) is 12.8 Å². The number of aromatic amines is 1. The molecule has 0 aliphatic carbocycles. The lowest BCUT2D eigenvalue weighted by Gasteiger charge is -2.36. The van der Waals surface area contributed by atoms with Crippen molar-refractivity contribution in [3.05, 3.63) is 126 Å². The molecule has 210 valence electrons. The second-order valence-electron chi connectivity index (χ2n) is 9.61. The molecule has 0 spiro atoms. The first-order chi connectivity index (χ1) is 18.9. The minimum absolute atomic E-state index is 0. The zero-order chi connectivity index (χ0) is 27.7. The molecule has 2 amide bonds. The third kappa shape index (κ3) is 7.30. The summed E-state index contributed by atoms with van der Waals surface area (Å²) in [6.45, 7) is 3.75. The highest BCUT2D eigenvalue weighted by molar-refractivity contribution is 8.01. The van der Waals surface area contributed by atoms with Crippen LogP contribution in [0.25, 0.3) is 0 Å². The summed E-state index contributed by atoms with van der Waals surface area (Å²) in [5.74, 6) is 0.559. The number of halogens is 1. The fourth-order valence-electron chi connectivity index (χ4n) is 4.35. The lowest BCUT2D eigenvalue weighted by Crippen LogP contribution is -2.52. The maximum atomic E-state index is 13.4. The van der Waals surface area contributed by atoms with Gasteiger partial charge in [-0.05, 0) is 30.5 Å². The minimum atomic E-state index is -0.753. The maximum Gasteiger partial charge on any atom is 0.243 e. The van der Waals surface area contributed by atoms with E-state index < -0.39 is 15.5 Å². The Labute approximate surface area is 251 Å². The summed E-state index contributed by atoms with van der Waals surface area (Å²) in [6, 6.07) is 30.2. The Morgan fingerprint density at radius 3 is 1.77 bits per heavy atom. The van der Waals surface area contributed by atoms with Crippen molar-refractivity contribution >= 4 is 47.7 Å². The van der Waals surface area contributed by atoms with Crippen LogP contribution in [-0.4, -0.2) is 45.4 Å². The number of carbonyl (C=O) groups is 2.